The average Bonchev–Trinajstić information content (AvgIpc) is 2.52. The van der Waals surface area contributed by atoms with E-state index in [9.17, 15) is 9.59 Å². The molecular formula is C18H27N3O2. The highest BCUT2D eigenvalue weighted by Crippen LogP contribution is 2.24. The van der Waals surface area contributed by atoms with Crippen LogP contribution in [0.3, 0.4) is 0 Å². The highest BCUT2D eigenvalue weighted by Gasteiger charge is 2.28. The molecule has 5 nitrogen and oxygen atoms in total. The molecule has 0 saturated heterocycles. The minimum atomic E-state index is -0.535. The van der Waals surface area contributed by atoms with Crippen molar-refractivity contribution in [1.29, 1.82) is 0 Å². The van der Waals surface area contributed by atoms with Crippen molar-refractivity contribution < 1.29 is 9.59 Å². The predicted octanol–water partition coefficient (Wildman–Crippen LogP) is 3.05. The number of aryl methyl sites for hydroxylation is 1. The first-order valence-corrected chi connectivity index (χ1v) is 8.51. The minimum Gasteiger partial charge on any atom is -0.344 e. The van der Waals surface area contributed by atoms with Crippen LogP contribution in [0.5, 0.6) is 0 Å². The Hall–Kier alpha value is -1.91. The highest BCUT2D eigenvalue weighted by molar-refractivity contribution is 5.97. The summed E-state index contributed by atoms with van der Waals surface area (Å²) >= 11 is 0. The molecule has 23 heavy (non-hydrogen) atoms. The molecule has 0 spiro atoms. The van der Waals surface area contributed by atoms with E-state index < -0.39 is 6.04 Å². The van der Waals surface area contributed by atoms with Crippen molar-refractivity contribution in [1.82, 2.24) is 10.3 Å². The maximum atomic E-state index is 12.5. The minimum absolute atomic E-state index is 0.00996. The molecular weight excluding hydrogens is 290 g/mol. The van der Waals surface area contributed by atoms with Gasteiger partial charge in [0.25, 0.3) is 0 Å². The summed E-state index contributed by atoms with van der Waals surface area (Å²) in [5, 5.41) is 5.75. The molecule has 1 aliphatic carbocycles. The van der Waals surface area contributed by atoms with Crippen LogP contribution in [0.25, 0.3) is 0 Å². The molecule has 1 aromatic heterocycles. The Morgan fingerprint density at radius 2 is 1.91 bits per heavy atom. The second-order valence-corrected chi connectivity index (χ2v) is 6.77. The van der Waals surface area contributed by atoms with Crippen LogP contribution in [0, 0.1) is 18.8 Å². The van der Waals surface area contributed by atoms with Gasteiger partial charge in [0.2, 0.25) is 11.8 Å². The van der Waals surface area contributed by atoms with Crippen LogP contribution in [0.15, 0.2) is 18.3 Å². The lowest BCUT2D eigenvalue weighted by Gasteiger charge is -2.26. The number of anilines is 1. The van der Waals surface area contributed by atoms with Crippen molar-refractivity contribution in [2.45, 2.75) is 58.9 Å². The maximum absolute atomic E-state index is 12.5. The van der Waals surface area contributed by atoms with Gasteiger partial charge >= 0.3 is 0 Å². The van der Waals surface area contributed by atoms with Crippen molar-refractivity contribution in [3.63, 3.8) is 0 Å². The summed E-state index contributed by atoms with van der Waals surface area (Å²) in [6.45, 7) is 5.83. The number of amides is 2. The number of rotatable bonds is 5. The smallest absolute Gasteiger partial charge is 0.248 e. The molecule has 1 heterocycles. The van der Waals surface area contributed by atoms with E-state index in [0.29, 0.717) is 5.82 Å². The van der Waals surface area contributed by atoms with E-state index in [1.165, 1.54) is 6.42 Å². The zero-order chi connectivity index (χ0) is 16.8. The van der Waals surface area contributed by atoms with Gasteiger partial charge in [-0.3, -0.25) is 9.59 Å². The number of hydrogen-bond acceptors (Lipinski definition) is 3. The number of pyridine rings is 1. The summed E-state index contributed by atoms with van der Waals surface area (Å²) in [6, 6.07) is 3.16. The Bertz CT molecular complexity index is 551. The second kappa shape index (κ2) is 8.09. The molecule has 2 amide bonds. The molecule has 0 bridgehead atoms. The number of carbonyl (C=O) groups is 2. The first-order chi connectivity index (χ1) is 11.0. The molecule has 1 atom stereocenters. The molecule has 0 radical (unpaired) electrons. The van der Waals surface area contributed by atoms with Gasteiger partial charge in [-0.05, 0) is 43.4 Å². The van der Waals surface area contributed by atoms with Crippen LogP contribution in [0.1, 0.15) is 51.5 Å². The molecule has 0 aromatic carbocycles. The summed E-state index contributed by atoms with van der Waals surface area (Å²) < 4.78 is 0. The number of carbonyl (C=O) groups excluding carboxylic acids is 2. The molecule has 2 rings (SSSR count). The Balaban J connectivity index is 1.99. The van der Waals surface area contributed by atoms with E-state index in [1.807, 2.05) is 32.9 Å². The van der Waals surface area contributed by atoms with E-state index >= 15 is 0 Å². The van der Waals surface area contributed by atoms with Gasteiger partial charge in [0.05, 0.1) is 0 Å². The molecule has 0 aliphatic heterocycles. The predicted molar refractivity (Wildman–Crippen MR) is 90.9 cm³/mol. The van der Waals surface area contributed by atoms with Crippen LogP contribution < -0.4 is 10.6 Å². The summed E-state index contributed by atoms with van der Waals surface area (Å²) in [5.74, 6) is 0.396. The van der Waals surface area contributed by atoms with Crippen molar-refractivity contribution in [3.05, 3.63) is 23.9 Å². The lowest BCUT2D eigenvalue weighted by molar-refractivity contribution is -0.130. The fourth-order valence-corrected chi connectivity index (χ4v) is 2.98. The number of nitrogens with zero attached hydrogens (tertiary/aromatic N) is 1. The first kappa shape index (κ1) is 17.4. The normalized spacial score (nSPS) is 16.9. The van der Waals surface area contributed by atoms with Crippen LogP contribution >= 0.6 is 0 Å². The van der Waals surface area contributed by atoms with Gasteiger partial charge in [0.1, 0.15) is 11.9 Å². The van der Waals surface area contributed by atoms with Gasteiger partial charge in [-0.2, -0.15) is 0 Å². The number of hydrogen-bond donors (Lipinski definition) is 2. The maximum Gasteiger partial charge on any atom is 0.248 e. The van der Waals surface area contributed by atoms with Gasteiger partial charge in [-0.25, -0.2) is 4.98 Å². The molecule has 1 fully saturated rings. The molecule has 5 heteroatoms. The lowest BCUT2D eigenvalue weighted by atomic mass is 9.88. The average molecular weight is 317 g/mol. The van der Waals surface area contributed by atoms with E-state index in [2.05, 4.69) is 15.6 Å². The first-order valence-electron chi connectivity index (χ1n) is 8.51. The quantitative estimate of drug-likeness (QED) is 0.877. The van der Waals surface area contributed by atoms with Crippen LogP contribution in [0.2, 0.25) is 0 Å². The zero-order valence-corrected chi connectivity index (χ0v) is 14.3. The molecule has 126 valence electrons. The molecule has 1 aromatic rings. The van der Waals surface area contributed by atoms with E-state index in [0.717, 1.165) is 31.2 Å². The Labute approximate surface area is 138 Å². The zero-order valence-electron chi connectivity index (χ0n) is 14.3. The summed E-state index contributed by atoms with van der Waals surface area (Å²) in [6.07, 6.45) is 6.93. The fourth-order valence-electron chi connectivity index (χ4n) is 2.98. The van der Waals surface area contributed by atoms with Gasteiger partial charge < -0.3 is 10.6 Å². The second-order valence-electron chi connectivity index (χ2n) is 6.77. The van der Waals surface area contributed by atoms with Crippen molar-refractivity contribution in [2.75, 3.05) is 5.32 Å². The summed E-state index contributed by atoms with van der Waals surface area (Å²) in [5.41, 5.74) is 1.03. The Kier molecular flexibility index (Phi) is 6.13. The van der Waals surface area contributed by atoms with Gasteiger partial charge in [-0.1, -0.05) is 33.1 Å². The van der Waals surface area contributed by atoms with E-state index in [4.69, 9.17) is 0 Å². The van der Waals surface area contributed by atoms with Crippen LogP contribution in [0.4, 0.5) is 5.82 Å². The number of aromatic nitrogens is 1. The monoisotopic (exact) mass is 317 g/mol. The third-order valence-electron chi connectivity index (χ3n) is 4.39. The highest BCUT2D eigenvalue weighted by atomic mass is 16.2. The van der Waals surface area contributed by atoms with Crippen LogP contribution in [-0.2, 0) is 9.59 Å². The van der Waals surface area contributed by atoms with E-state index in [-0.39, 0.29) is 23.7 Å². The lowest BCUT2D eigenvalue weighted by Crippen LogP contribution is -2.49. The van der Waals surface area contributed by atoms with Gasteiger partial charge in [0, 0.05) is 12.1 Å². The third-order valence-corrected chi connectivity index (χ3v) is 4.39. The van der Waals surface area contributed by atoms with Gasteiger partial charge in [0.15, 0.2) is 0 Å². The largest absolute Gasteiger partial charge is 0.344 e. The topological polar surface area (TPSA) is 71.1 Å². The van der Waals surface area contributed by atoms with Gasteiger partial charge in [-0.15, -0.1) is 0 Å². The number of nitrogens with one attached hydrogen (secondary N) is 2. The molecule has 1 aliphatic rings. The fraction of sp³-hybridized carbons (Fsp3) is 0.611. The Morgan fingerprint density at radius 3 is 2.52 bits per heavy atom. The molecule has 1 saturated carbocycles. The van der Waals surface area contributed by atoms with Crippen molar-refractivity contribution in [2.24, 2.45) is 11.8 Å². The van der Waals surface area contributed by atoms with Crippen molar-refractivity contribution >= 4 is 17.6 Å². The van der Waals surface area contributed by atoms with E-state index in [1.54, 1.807) is 6.20 Å². The summed E-state index contributed by atoms with van der Waals surface area (Å²) in [4.78, 5) is 29.1. The molecule has 0 unspecified atom stereocenters. The SMILES string of the molecule is Cc1ccnc(NC(=O)[C@H](NC(=O)C2CCCCC2)C(C)C)c1. The van der Waals surface area contributed by atoms with Crippen LogP contribution in [-0.4, -0.2) is 22.8 Å². The third kappa shape index (κ3) is 5.05. The standard InChI is InChI=1S/C18H27N3O2/c1-12(2)16(21-17(22)14-7-5-4-6-8-14)18(23)20-15-11-13(3)9-10-19-15/h9-12,14,16H,4-8H2,1-3H3,(H,21,22)(H,19,20,23)/t16-/m1/s1. The molecule has 2 N–H and O–H groups in total. The Morgan fingerprint density at radius 1 is 1.22 bits per heavy atom. The summed E-state index contributed by atoms with van der Waals surface area (Å²) in [7, 11) is 0. The van der Waals surface area contributed by atoms with Crippen molar-refractivity contribution in [3.8, 4) is 0 Å².